The first kappa shape index (κ1) is 54.5. The van der Waals surface area contributed by atoms with Crippen LogP contribution < -0.4 is 36.6 Å². The molecule has 22 heteroatoms. The fraction of sp³-hybridized carbons (Fsp3) is 0.275. The van der Waals surface area contributed by atoms with E-state index in [1.807, 2.05) is 48.5 Å². The summed E-state index contributed by atoms with van der Waals surface area (Å²) in [5.74, 6) is -2.07. The van der Waals surface area contributed by atoms with Crippen LogP contribution in [0.3, 0.4) is 0 Å². The lowest BCUT2D eigenvalue weighted by atomic mass is 10.1. The molecule has 0 saturated carbocycles. The maximum absolute atomic E-state index is 13.7. The van der Waals surface area contributed by atoms with Gasteiger partial charge in [0.1, 0.15) is 16.1 Å². The lowest BCUT2D eigenvalue weighted by molar-refractivity contribution is -0.154. The lowest BCUT2D eigenvalue weighted by Crippen LogP contribution is -2.33. The van der Waals surface area contributed by atoms with Gasteiger partial charge >= 0.3 is 6.18 Å². The van der Waals surface area contributed by atoms with Crippen molar-refractivity contribution in [3.8, 4) is 5.88 Å². The maximum Gasteiger partial charge on any atom is 0.422 e. The van der Waals surface area contributed by atoms with E-state index in [-0.39, 0.29) is 56.6 Å². The van der Waals surface area contributed by atoms with Crippen LogP contribution in [0.25, 0.3) is 0 Å². The van der Waals surface area contributed by atoms with Crippen LogP contribution in [0.5, 0.6) is 5.88 Å². The number of rotatable bonds is 11. The Hall–Kier alpha value is -6.26. The van der Waals surface area contributed by atoms with Crippen LogP contribution in [-0.2, 0) is 14.2 Å². The van der Waals surface area contributed by atoms with Gasteiger partial charge < -0.3 is 50.8 Å². The number of anilines is 3. The number of benzene rings is 4. The van der Waals surface area contributed by atoms with Crippen LogP contribution in [0.15, 0.2) is 121 Å². The molecule has 3 fully saturated rings. The van der Waals surface area contributed by atoms with Crippen LogP contribution in [0.4, 0.5) is 34.6 Å². The van der Waals surface area contributed by atoms with E-state index < -0.39 is 30.4 Å². The molecule has 0 aliphatic carbocycles. The van der Waals surface area contributed by atoms with Crippen molar-refractivity contribution in [1.82, 2.24) is 25.9 Å². The zero-order chi connectivity index (χ0) is 51.7. The molecule has 3 amide bonds. The number of alkyl halides is 3. The lowest BCUT2D eigenvalue weighted by Gasteiger charge is -2.24. The highest BCUT2D eigenvalue weighted by molar-refractivity contribution is 6.33. The molecule has 0 bridgehead atoms. The molecule has 3 atom stereocenters. The molecular weight excluding hydrogens is 1020 g/mol. The molecule has 6 N–H and O–H groups in total. The summed E-state index contributed by atoms with van der Waals surface area (Å²) in [7, 11) is 0. The number of hydrogen-bond donors (Lipinski definition) is 6. The van der Waals surface area contributed by atoms with Gasteiger partial charge in [-0.2, -0.15) is 13.2 Å². The standard InChI is InChI=1S/C18H18F3N3O3.C17H16ClFN2O2.C16H15Cl2N3O2/c19-18(20,21)11-27-16-6-3-13(9-23-16)17(25)24-14-4-1-12(2-5-14)15-10-22-7-8-26-15;18-12-3-6-14(15(19)9-12)17(22)21-13-4-1-11(2-5-13)16-10-20-7-8-23-16;17-14-7-11(8-15(18)21-14)16(22)20-12-3-1-10(2-4-12)13-9-19-5-6-23-13/h1-6,9,15,22H,7-8,10-11H2,(H,24,25);1-6,9,16,20H,7-8,10H2,(H,21,22);1-4,7-8,13,19H,5-6,9H2,(H,20,22)/t;16-;/m.0./s1. The van der Waals surface area contributed by atoms with Crippen molar-refractivity contribution in [1.29, 1.82) is 0 Å². The molecule has 4 aromatic carbocycles. The van der Waals surface area contributed by atoms with Gasteiger partial charge in [0.25, 0.3) is 17.7 Å². The highest BCUT2D eigenvalue weighted by Crippen LogP contribution is 2.25. The van der Waals surface area contributed by atoms with Gasteiger partial charge in [-0.15, -0.1) is 0 Å². The number of hydrogen-bond acceptors (Lipinski definition) is 12. The summed E-state index contributed by atoms with van der Waals surface area (Å²) in [5, 5.41) is 18.6. The predicted molar refractivity (Wildman–Crippen MR) is 269 cm³/mol. The van der Waals surface area contributed by atoms with E-state index in [0.29, 0.717) is 42.4 Å². The topological polar surface area (TPSA) is 186 Å². The number of morpholine rings is 3. The third-order valence-corrected chi connectivity index (χ3v) is 11.6. The third-order valence-electron chi connectivity index (χ3n) is 11.0. The van der Waals surface area contributed by atoms with E-state index in [4.69, 9.17) is 49.0 Å². The summed E-state index contributed by atoms with van der Waals surface area (Å²) in [4.78, 5) is 44.1. The first-order chi connectivity index (χ1) is 35.2. The summed E-state index contributed by atoms with van der Waals surface area (Å²) in [6, 6.07) is 31.7. The molecule has 0 radical (unpaired) electrons. The van der Waals surface area contributed by atoms with Gasteiger partial charge in [0.2, 0.25) is 5.88 Å². The summed E-state index contributed by atoms with van der Waals surface area (Å²) in [6.45, 7) is 5.46. The Morgan fingerprint density at radius 2 is 1.03 bits per heavy atom. The van der Waals surface area contributed by atoms with E-state index in [9.17, 15) is 31.9 Å². The van der Waals surface area contributed by atoms with Crippen molar-refractivity contribution in [2.45, 2.75) is 24.5 Å². The summed E-state index contributed by atoms with van der Waals surface area (Å²) in [5.41, 5.74) is 5.51. The van der Waals surface area contributed by atoms with Gasteiger partial charge in [-0.1, -0.05) is 71.2 Å². The number of pyridine rings is 2. The Bertz CT molecular complexity index is 2740. The average Bonchev–Trinajstić information content (AvgIpc) is 3.39. The number of nitrogens with zero attached hydrogens (tertiary/aromatic N) is 2. The first-order valence-corrected chi connectivity index (χ1v) is 23.9. The number of halogens is 7. The number of amides is 3. The zero-order valence-corrected chi connectivity index (χ0v) is 41.0. The van der Waals surface area contributed by atoms with Crippen molar-refractivity contribution < 1.29 is 50.9 Å². The molecule has 9 rings (SSSR count). The van der Waals surface area contributed by atoms with Crippen LogP contribution in [-0.4, -0.2) is 99.6 Å². The van der Waals surface area contributed by atoms with Crippen molar-refractivity contribution in [3.05, 3.63) is 176 Å². The van der Waals surface area contributed by atoms with Gasteiger partial charge in [0.15, 0.2) is 6.61 Å². The average molecular weight is 1070 g/mol. The Labute approximate surface area is 432 Å². The molecule has 6 aromatic rings. The Kier molecular flexibility index (Phi) is 19.9. The van der Waals surface area contributed by atoms with E-state index in [1.165, 1.54) is 36.4 Å². The molecule has 3 aliphatic rings. The number of aromatic nitrogens is 2. The summed E-state index contributed by atoms with van der Waals surface area (Å²) in [6.07, 6.45) is -3.23. The summed E-state index contributed by atoms with van der Waals surface area (Å²) < 4.78 is 71.6. The highest BCUT2D eigenvalue weighted by atomic mass is 35.5. The smallest absolute Gasteiger partial charge is 0.422 e. The molecule has 2 unspecified atom stereocenters. The van der Waals surface area contributed by atoms with Gasteiger partial charge in [-0.3, -0.25) is 14.4 Å². The normalized spacial score (nSPS) is 17.6. The molecule has 384 valence electrons. The van der Waals surface area contributed by atoms with Crippen molar-refractivity contribution in [2.24, 2.45) is 0 Å². The number of carbonyl (C=O) groups excluding carboxylic acids is 3. The zero-order valence-electron chi connectivity index (χ0n) is 38.7. The van der Waals surface area contributed by atoms with Gasteiger partial charge in [0.05, 0.1) is 49.3 Å². The van der Waals surface area contributed by atoms with E-state index in [1.54, 1.807) is 24.3 Å². The van der Waals surface area contributed by atoms with Crippen LogP contribution in [0.1, 0.15) is 66.1 Å². The number of nitrogens with one attached hydrogen (secondary N) is 6. The number of carbonyl (C=O) groups is 3. The minimum absolute atomic E-state index is 0.0159. The fourth-order valence-electron chi connectivity index (χ4n) is 7.31. The molecular formula is C51H49Cl3F4N8O7. The maximum atomic E-state index is 13.7. The van der Waals surface area contributed by atoms with Crippen molar-refractivity contribution in [3.63, 3.8) is 0 Å². The van der Waals surface area contributed by atoms with Gasteiger partial charge in [-0.05, 0) is 89.5 Å². The molecule has 3 saturated heterocycles. The molecule has 3 aliphatic heterocycles. The molecule has 0 spiro atoms. The number of ether oxygens (including phenoxy) is 4. The van der Waals surface area contributed by atoms with Crippen LogP contribution in [0, 0.1) is 5.82 Å². The van der Waals surface area contributed by atoms with E-state index in [0.717, 1.165) is 68.2 Å². The molecule has 73 heavy (non-hydrogen) atoms. The molecule has 2 aromatic heterocycles. The highest BCUT2D eigenvalue weighted by Gasteiger charge is 2.29. The van der Waals surface area contributed by atoms with Crippen molar-refractivity contribution >= 4 is 69.6 Å². The predicted octanol–water partition coefficient (Wildman–Crippen LogP) is 9.63. The SMILES string of the molecule is O=C(Nc1ccc(C2CNCCO2)cc1)c1cc(Cl)nc(Cl)c1.O=C(Nc1ccc(C2CNCCO2)cc1)c1ccc(OCC(F)(F)F)nc1.O=C(Nc1ccc([C@@H]2CNCCO2)cc1)c1ccc(Cl)cc1F. The second-order valence-corrected chi connectivity index (χ2v) is 17.5. The first-order valence-electron chi connectivity index (χ1n) is 22.8. The monoisotopic (exact) mass is 1070 g/mol. The largest absolute Gasteiger partial charge is 0.468 e. The Morgan fingerprint density at radius 3 is 1.41 bits per heavy atom. The second kappa shape index (κ2) is 26.6. The molecule has 5 heterocycles. The van der Waals surface area contributed by atoms with E-state index in [2.05, 4.69) is 46.6 Å². The van der Waals surface area contributed by atoms with E-state index >= 15 is 0 Å². The van der Waals surface area contributed by atoms with Gasteiger partial charge in [0, 0.05) is 79.2 Å². The third kappa shape index (κ3) is 17.2. The minimum Gasteiger partial charge on any atom is -0.468 e. The van der Waals surface area contributed by atoms with Crippen LogP contribution >= 0.6 is 34.8 Å². The second-order valence-electron chi connectivity index (χ2n) is 16.3. The van der Waals surface area contributed by atoms with Crippen molar-refractivity contribution in [2.75, 3.05) is 81.6 Å². The fourth-order valence-corrected chi connectivity index (χ4v) is 7.93. The molecule has 15 nitrogen and oxygen atoms in total. The van der Waals surface area contributed by atoms with Crippen LogP contribution in [0.2, 0.25) is 15.3 Å². The summed E-state index contributed by atoms with van der Waals surface area (Å²) >= 11 is 17.3. The minimum atomic E-state index is -4.44. The Morgan fingerprint density at radius 1 is 0.589 bits per heavy atom. The Balaban J connectivity index is 0.000000161. The van der Waals surface area contributed by atoms with Gasteiger partial charge in [-0.25, -0.2) is 14.4 Å². The quantitative estimate of drug-likeness (QED) is 0.0534.